The van der Waals surface area contributed by atoms with Crippen molar-refractivity contribution in [2.75, 3.05) is 0 Å². The summed E-state index contributed by atoms with van der Waals surface area (Å²) < 4.78 is 0. The molecule has 11 aromatic carbocycles. The monoisotopic (exact) mass is 994 g/mol. The Morgan fingerprint density at radius 2 is 0.538 bits per heavy atom. The molecule has 6 nitrogen and oxygen atoms in total. The molecular formula is C72H46N6. The third-order valence-electron chi connectivity index (χ3n) is 14.5. The van der Waals surface area contributed by atoms with E-state index in [0.717, 1.165) is 112 Å². The predicted molar refractivity (Wildman–Crippen MR) is 320 cm³/mol. The van der Waals surface area contributed by atoms with Gasteiger partial charge < -0.3 is 0 Å². The van der Waals surface area contributed by atoms with Crippen molar-refractivity contribution in [3.63, 3.8) is 0 Å². The fourth-order valence-electron chi connectivity index (χ4n) is 10.4. The minimum Gasteiger partial charge on any atom is -0.228 e. The van der Waals surface area contributed by atoms with Gasteiger partial charge in [-0.2, -0.15) is 0 Å². The molecule has 0 N–H and O–H groups in total. The highest BCUT2D eigenvalue weighted by Gasteiger charge is 2.20. The summed E-state index contributed by atoms with van der Waals surface area (Å²) in [5, 5.41) is 5.64. The van der Waals surface area contributed by atoms with Gasteiger partial charge in [0.25, 0.3) is 0 Å². The molecule has 0 bridgehead atoms. The van der Waals surface area contributed by atoms with E-state index in [1.54, 1.807) is 0 Å². The van der Waals surface area contributed by atoms with Crippen LogP contribution in [0.3, 0.4) is 0 Å². The van der Waals surface area contributed by atoms with Gasteiger partial charge in [-0.1, -0.05) is 243 Å². The summed E-state index contributed by atoms with van der Waals surface area (Å²) in [5.41, 5.74) is 17.0. The van der Waals surface area contributed by atoms with Gasteiger partial charge in [-0.3, -0.25) is 0 Å². The second kappa shape index (κ2) is 19.9. The Balaban J connectivity index is 0.952. The average molecular weight is 995 g/mol. The molecule has 364 valence electrons. The van der Waals surface area contributed by atoms with Gasteiger partial charge in [0.15, 0.2) is 17.5 Å². The molecule has 14 aromatic rings. The topological polar surface area (TPSA) is 77.3 Å². The average Bonchev–Trinajstić information content (AvgIpc) is 3.53. The fraction of sp³-hybridized carbons (Fsp3) is 0. The molecule has 0 saturated carbocycles. The van der Waals surface area contributed by atoms with Gasteiger partial charge in [0.2, 0.25) is 0 Å². The van der Waals surface area contributed by atoms with E-state index in [2.05, 4.69) is 206 Å². The molecule has 6 heteroatoms. The largest absolute Gasteiger partial charge is 0.228 e. The second-order valence-electron chi connectivity index (χ2n) is 19.5. The Morgan fingerprint density at radius 3 is 1.03 bits per heavy atom. The van der Waals surface area contributed by atoms with Crippen LogP contribution < -0.4 is 0 Å². The van der Waals surface area contributed by atoms with Crippen LogP contribution in [-0.2, 0) is 0 Å². The number of nitrogens with zero attached hydrogens (tertiary/aromatic N) is 6. The number of rotatable bonds is 10. The lowest BCUT2D eigenvalue weighted by atomic mass is 9.92. The minimum atomic E-state index is 0.609. The van der Waals surface area contributed by atoms with Gasteiger partial charge in [0, 0.05) is 55.5 Å². The first-order valence-electron chi connectivity index (χ1n) is 26.2. The molecule has 0 unspecified atom stereocenters. The van der Waals surface area contributed by atoms with Gasteiger partial charge in [0.1, 0.15) is 0 Å². The molecule has 0 saturated heterocycles. The molecule has 0 aliphatic carbocycles. The zero-order valence-corrected chi connectivity index (χ0v) is 42.2. The van der Waals surface area contributed by atoms with Crippen LogP contribution in [0.5, 0.6) is 0 Å². The third kappa shape index (κ3) is 9.03. The van der Waals surface area contributed by atoms with E-state index in [9.17, 15) is 0 Å². The Bertz CT molecular complexity index is 4390. The van der Waals surface area contributed by atoms with Crippen LogP contribution in [0.4, 0.5) is 0 Å². The summed E-state index contributed by atoms with van der Waals surface area (Å²) in [7, 11) is 0. The standard InChI is InChI=1S/C72H46N6/c1-5-19-49(20-6-1)64-45-65(50-21-7-2-8-22-50)75-71(74-64)55-37-33-53(34-38-55)68-63-44-61(59-39-29-47-17-13-15-27-57(47)41-59)43-62(60-40-30-48-18-14-16-28-58(48)42-60)69(63)78-72(77-68)56-35-31-52(32-36-56)67-46-66(51-23-9-3-10-24-51)73-70(76-67)54-25-11-4-12-26-54/h1-46H. The predicted octanol–water partition coefficient (Wildman–Crippen LogP) is 18.2. The molecule has 78 heavy (non-hydrogen) atoms. The first-order chi connectivity index (χ1) is 38.6. The highest BCUT2D eigenvalue weighted by molar-refractivity contribution is 6.06. The summed E-state index contributed by atoms with van der Waals surface area (Å²) in [6.45, 7) is 0. The highest BCUT2D eigenvalue weighted by atomic mass is 14.9. The Kier molecular flexibility index (Phi) is 11.8. The number of aromatic nitrogens is 6. The summed E-state index contributed by atoms with van der Waals surface area (Å²) in [6, 6.07) is 97.1. The normalized spacial score (nSPS) is 11.3. The van der Waals surface area contributed by atoms with Crippen molar-refractivity contribution in [1.82, 2.24) is 29.9 Å². The molecule has 0 radical (unpaired) electrons. The first kappa shape index (κ1) is 46.0. The molecule has 14 rings (SSSR count). The quantitative estimate of drug-likeness (QED) is 0.136. The molecule has 0 aliphatic rings. The van der Waals surface area contributed by atoms with Crippen molar-refractivity contribution >= 4 is 32.4 Å². The van der Waals surface area contributed by atoms with Crippen LogP contribution >= 0.6 is 0 Å². The number of hydrogen-bond acceptors (Lipinski definition) is 6. The van der Waals surface area contributed by atoms with E-state index in [1.165, 1.54) is 16.2 Å². The molecule has 3 aromatic heterocycles. The van der Waals surface area contributed by atoms with Gasteiger partial charge >= 0.3 is 0 Å². The van der Waals surface area contributed by atoms with E-state index >= 15 is 0 Å². The lowest BCUT2D eigenvalue weighted by molar-refractivity contribution is 1.18. The highest BCUT2D eigenvalue weighted by Crippen LogP contribution is 2.41. The van der Waals surface area contributed by atoms with Crippen molar-refractivity contribution in [1.29, 1.82) is 0 Å². The maximum Gasteiger partial charge on any atom is 0.160 e. The van der Waals surface area contributed by atoms with Crippen LogP contribution in [0.15, 0.2) is 279 Å². The van der Waals surface area contributed by atoms with Crippen LogP contribution in [-0.4, -0.2) is 29.9 Å². The van der Waals surface area contributed by atoms with E-state index in [1.807, 2.05) is 72.8 Å². The van der Waals surface area contributed by atoms with Gasteiger partial charge in [-0.25, -0.2) is 29.9 Å². The molecule has 0 amide bonds. The smallest absolute Gasteiger partial charge is 0.160 e. The maximum absolute atomic E-state index is 5.57. The third-order valence-corrected chi connectivity index (χ3v) is 14.5. The van der Waals surface area contributed by atoms with Crippen molar-refractivity contribution in [3.05, 3.63) is 279 Å². The van der Waals surface area contributed by atoms with E-state index < -0.39 is 0 Å². The van der Waals surface area contributed by atoms with Crippen LogP contribution in [0.25, 0.3) is 145 Å². The van der Waals surface area contributed by atoms with Crippen LogP contribution in [0, 0.1) is 0 Å². The summed E-state index contributed by atoms with van der Waals surface area (Å²) in [4.78, 5) is 31.6. The molecule has 0 atom stereocenters. The Hall–Kier alpha value is -10.6. The molecule has 0 spiro atoms. The Labute approximate surface area is 451 Å². The molecular weight excluding hydrogens is 949 g/mol. The van der Waals surface area contributed by atoms with Gasteiger partial charge in [0.05, 0.1) is 34.0 Å². The summed E-state index contributed by atoms with van der Waals surface area (Å²) >= 11 is 0. The van der Waals surface area contributed by atoms with E-state index in [0.29, 0.717) is 17.5 Å². The fourth-order valence-corrected chi connectivity index (χ4v) is 10.4. The lowest BCUT2D eigenvalue weighted by Gasteiger charge is -2.16. The number of benzene rings is 11. The maximum atomic E-state index is 5.57. The van der Waals surface area contributed by atoms with E-state index in [4.69, 9.17) is 29.9 Å². The minimum absolute atomic E-state index is 0.609. The van der Waals surface area contributed by atoms with Crippen LogP contribution in [0.2, 0.25) is 0 Å². The van der Waals surface area contributed by atoms with E-state index in [-0.39, 0.29) is 0 Å². The van der Waals surface area contributed by atoms with Gasteiger partial charge in [-0.15, -0.1) is 0 Å². The zero-order chi connectivity index (χ0) is 51.8. The van der Waals surface area contributed by atoms with Crippen molar-refractivity contribution in [2.45, 2.75) is 0 Å². The molecule has 0 fully saturated rings. The SMILES string of the molecule is c1ccc(-c2cc(-c3ccc(-c4nc(-c5ccc(-c6nc(-c7ccccc7)cc(-c7ccccc7)n6)cc5)c5cc(-c6ccc7ccccc7c6)cc(-c6ccc7ccccc7c6)c5n4)cc3)nc(-c3ccccc3)n2)cc1. The van der Waals surface area contributed by atoms with Crippen LogP contribution in [0.1, 0.15) is 0 Å². The zero-order valence-electron chi connectivity index (χ0n) is 42.2. The lowest BCUT2D eigenvalue weighted by Crippen LogP contribution is -1.99. The molecule has 3 heterocycles. The summed E-state index contributed by atoms with van der Waals surface area (Å²) in [6.07, 6.45) is 0. The Morgan fingerprint density at radius 1 is 0.192 bits per heavy atom. The van der Waals surface area contributed by atoms with Crippen molar-refractivity contribution < 1.29 is 0 Å². The van der Waals surface area contributed by atoms with Crippen molar-refractivity contribution in [3.8, 4) is 113 Å². The number of fused-ring (bicyclic) bond motifs is 3. The van der Waals surface area contributed by atoms with Crippen molar-refractivity contribution in [2.24, 2.45) is 0 Å². The molecule has 0 aliphatic heterocycles. The number of hydrogen-bond donors (Lipinski definition) is 0. The van der Waals surface area contributed by atoms with Gasteiger partial charge in [-0.05, 0) is 74.6 Å². The summed E-state index contributed by atoms with van der Waals surface area (Å²) in [5.74, 6) is 1.92. The first-order valence-corrected chi connectivity index (χ1v) is 26.2. The second-order valence-corrected chi connectivity index (χ2v) is 19.5.